The van der Waals surface area contributed by atoms with Gasteiger partial charge in [-0.2, -0.15) is 0 Å². The van der Waals surface area contributed by atoms with Crippen molar-refractivity contribution in [2.45, 2.75) is 6.42 Å². The number of nitrogens with one attached hydrogen (secondary N) is 2. The van der Waals surface area contributed by atoms with Crippen molar-refractivity contribution in [2.24, 2.45) is 0 Å². The van der Waals surface area contributed by atoms with Crippen LogP contribution in [-0.2, 0) is 6.42 Å². The maximum Gasteiger partial charge on any atom is 0.213 e. The summed E-state index contributed by atoms with van der Waals surface area (Å²) < 4.78 is 5.22. The van der Waals surface area contributed by atoms with Gasteiger partial charge in [-0.05, 0) is 23.8 Å². The zero-order chi connectivity index (χ0) is 19.8. The molecule has 0 amide bonds. The Balaban J connectivity index is 1.54. The molecule has 5 rings (SSSR count). The number of aromatic amines is 2. The van der Waals surface area contributed by atoms with E-state index in [2.05, 4.69) is 25.1 Å². The van der Waals surface area contributed by atoms with Crippen LogP contribution < -0.4 is 4.74 Å². The molecular formula is C22H17N5O2. The largest absolute Gasteiger partial charge is 0.481 e. The molecule has 0 radical (unpaired) electrons. The third kappa shape index (κ3) is 3.12. The molecule has 7 nitrogen and oxygen atoms in total. The number of methoxy groups -OCH3 is 1. The van der Waals surface area contributed by atoms with Crippen LogP contribution in [0.3, 0.4) is 0 Å². The number of hydrogen-bond donors (Lipinski definition) is 2. The van der Waals surface area contributed by atoms with Crippen molar-refractivity contribution in [3.8, 4) is 17.1 Å². The van der Waals surface area contributed by atoms with E-state index in [1.165, 1.54) is 0 Å². The number of aromatic nitrogens is 5. The lowest BCUT2D eigenvalue weighted by Crippen LogP contribution is -2.05. The van der Waals surface area contributed by atoms with Crippen molar-refractivity contribution in [1.82, 2.24) is 25.1 Å². The predicted molar refractivity (Wildman–Crippen MR) is 110 cm³/mol. The average Bonchev–Trinajstić information content (AvgIpc) is 3.36. The Kier molecular flexibility index (Phi) is 4.05. The van der Waals surface area contributed by atoms with Gasteiger partial charge in [-0.25, -0.2) is 15.0 Å². The topological polar surface area (TPSA) is 96.6 Å². The molecule has 0 unspecified atom stereocenters. The number of carbonyl (C=O) groups excluding carboxylic acids is 1. The van der Waals surface area contributed by atoms with Crippen LogP contribution >= 0.6 is 0 Å². The van der Waals surface area contributed by atoms with E-state index in [-0.39, 0.29) is 18.0 Å². The fourth-order valence-corrected chi connectivity index (χ4v) is 3.41. The van der Waals surface area contributed by atoms with Gasteiger partial charge in [-0.3, -0.25) is 9.89 Å². The van der Waals surface area contributed by atoms with Crippen molar-refractivity contribution in [3.63, 3.8) is 0 Å². The summed E-state index contributed by atoms with van der Waals surface area (Å²) in [6.45, 7) is 0. The van der Waals surface area contributed by atoms with Crippen LogP contribution in [0, 0.1) is 0 Å². The van der Waals surface area contributed by atoms with Crippen molar-refractivity contribution in [3.05, 3.63) is 72.2 Å². The minimum Gasteiger partial charge on any atom is -0.481 e. The molecule has 7 heteroatoms. The summed E-state index contributed by atoms with van der Waals surface area (Å²) in [7, 11) is 1.59. The molecule has 0 atom stereocenters. The molecule has 5 aromatic rings. The molecule has 0 fully saturated rings. The van der Waals surface area contributed by atoms with E-state index < -0.39 is 0 Å². The Labute approximate surface area is 165 Å². The lowest BCUT2D eigenvalue weighted by molar-refractivity contribution is 0.0984. The lowest BCUT2D eigenvalue weighted by Gasteiger charge is -2.02. The fourth-order valence-electron chi connectivity index (χ4n) is 3.41. The van der Waals surface area contributed by atoms with Gasteiger partial charge in [0.2, 0.25) is 11.7 Å². The van der Waals surface area contributed by atoms with E-state index in [0.717, 1.165) is 27.7 Å². The maximum atomic E-state index is 12.6. The smallest absolute Gasteiger partial charge is 0.213 e. The van der Waals surface area contributed by atoms with E-state index in [1.54, 1.807) is 13.3 Å². The first-order valence-electron chi connectivity index (χ1n) is 9.16. The molecule has 0 aliphatic heterocycles. The number of ether oxygens (including phenoxy) is 1. The molecule has 0 aliphatic carbocycles. The summed E-state index contributed by atoms with van der Waals surface area (Å²) in [5.74, 6) is 0.683. The number of nitrogens with zero attached hydrogens (tertiary/aromatic N) is 3. The van der Waals surface area contributed by atoms with E-state index in [4.69, 9.17) is 4.74 Å². The summed E-state index contributed by atoms with van der Waals surface area (Å²) in [5, 5.41) is 7.29. The van der Waals surface area contributed by atoms with Gasteiger partial charge in [-0.1, -0.05) is 30.3 Å². The third-order valence-corrected chi connectivity index (χ3v) is 4.85. The Hall–Kier alpha value is -4.00. The van der Waals surface area contributed by atoms with Crippen LogP contribution in [0.1, 0.15) is 16.2 Å². The molecule has 3 heterocycles. The highest BCUT2D eigenvalue weighted by molar-refractivity contribution is 6.03. The Morgan fingerprint density at radius 2 is 1.79 bits per heavy atom. The van der Waals surface area contributed by atoms with Crippen molar-refractivity contribution in [1.29, 1.82) is 0 Å². The predicted octanol–water partition coefficient (Wildman–Crippen LogP) is 3.94. The van der Waals surface area contributed by atoms with Gasteiger partial charge in [0.15, 0.2) is 5.82 Å². The Morgan fingerprint density at radius 3 is 2.59 bits per heavy atom. The van der Waals surface area contributed by atoms with E-state index in [1.807, 2.05) is 54.6 Å². The molecule has 2 aromatic carbocycles. The van der Waals surface area contributed by atoms with E-state index in [9.17, 15) is 4.79 Å². The van der Waals surface area contributed by atoms with Crippen LogP contribution in [-0.4, -0.2) is 38.0 Å². The first kappa shape index (κ1) is 17.1. The normalized spacial score (nSPS) is 11.2. The first-order valence-corrected chi connectivity index (χ1v) is 9.16. The number of ketones is 1. The minimum atomic E-state index is -0.0956. The number of imidazole rings is 1. The molecule has 3 aromatic heterocycles. The second kappa shape index (κ2) is 6.87. The van der Waals surface area contributed by atoms with Crippen LogP contribution in [0.25, 0.3) is 33.2 Å². The van der Waals surface area contributed by atoms with Gasteiger partial charge < -0.3 is 9.84 Å². The number of pyridine rings is 1. The molecule has 0 aliphatic rings. The summed E-state index contributed by atoms with van der Waals surface area (Å²) >= 11 is 0. The monoisotopic (exact) mass is 383 g/mol. The summed E-state index contributed by atoms with van der Waals surface area (Å²) in [6, 6.07) is 17.2. The SMILES string of the molecule is COc1cc(-c2[nH][nH]c3cc4nc(C(=O)Cc5ccccc5)nc4cc23)ccn1. The van der Waals surface area contributed by atoms with Crippen LogP contribution in [0.2, 0.25) is 0 Å². The number of benzene rings is 2. The fraction of sp³-hybridized carbons (Fsp3) is 0.0909. The molecule has 0 saturated heterocycles. The van der Waals surface area contributed by atoms with Crippen LogP contribution in [0.15, 0.2) is 60.8 Å². The number of fused-ring (bicyclic) bond motifs is 2. The number of H-pyrrole nitrogens is 2. The highest BCUT2D eigenvalue weighted by Crippen LogP contribution is 2.30. The first-order chi connectivity index (χ1) is 14.2. The average molecular weight is 383 g/mol. The highest BCUT2D eigenvalue weighted by Gasteiger charge is 2.16. The highest BCUT2D eigenvalue weighted by atomic mass is 16.5. The molecule has 2 N–H and O–H groups in total. The quantitative estimate of drug-likeness (QED) is 0.448. The Bertz CT molecular complexity index is 1340. The van der Waals surface area contributed by atoms with Gasteiger partial charge in [0.25, 0.3) is 0 Å². The van der Waals surface area contributed by atoms with Gasteiger partial charge in [0.1, 0.15) is 0 Å². The zero-order valence-corrected chi connectivity index (χ0v) is 15.6. The van der Waals surface area contributed by atoms with Crippen molar-refractivity contribution < 1.29 is 9.53 Å². The third-order valence-electron chi connectivity index (χ3n) is 4.85. The van der Waals surface area contributed by atoms with Crippen LogP contribution in [0.4, 0.5) is 0 Å². The van der Waals surface area contributed by atoms with Crippen molar-refractivity contribution >= 4 is 27.7 Å². The number of hydrogen-bond acceptors (Lipinski definition) is 5. The summed E-state index contributed by atoms with van der Waals surface area (Å²) in [4.78, 5) is 25.7. The van der Waals surface area contributed by atoms with Gasteiger partial charge in [-0.15, -0.1) is 0 Å². The second-order valence-corrected chi connectivity index (χ2v) is 6.73. The Morgan fingerprint density at radius 1 is 1.00 bits per heavy atom. The molecular weight excluding hydrogens is 366 g/mol. The molecule has 142 valence electrons. The van der Waals surface area contributed by atoms with Gasteiger partial charge >= 0.3 is 0 Å². The van der Waals surface area contributed by atoms with Gasteiger partial charge in [0.05, 0.1) is 29.4 Å². The second-order valence-electron chi connectivity index (χ2n) is 6.73. The standard InChI is InChI=1S/C22H17N5O2/c1-29-20-10-14(7-8-23-20)21-15-11-17-18(12-16(15)26-27-21)25-22(24-17)19(28)9-13-5-3-2-4-6-13/h2-8,10-12,26-27H,9H2,1H3. The van der Waals surface area contributed by atoms with Gasteiger partial charge in [0, 0.05) is 29.6 Å². The number of Topliss-reactive ketones (excluding diaryl/α,β-unsaturated/α-hetero) is 1. The molecule has 0 bridgehead atoms. The zero-order valence-electron chi connectivity index (χ0n) is 15.6. The summed E-state index contributed by atoms with van der Waals surface area (Å²) in [5.41, 5.74) is 5.02. The van der Waals surface area contributed by atoms with Crippen LogP contribution in [0.5, 0.6) is 5.88 Å². The van der Waals surface area contributed by atoms with Crippen molar-refractivity contribution in [2.75, 3.05) is 7.11 Å². The van der Waals surface area contributed by atoms with E-state index in [0.29, 0.717) is 16.9 Å². The molecule has 0 spiro atoms. The minimum absolute atomic E-state index is 0.0956. The molecule has 0 saturated carbocycles. The molecule has 29 heavy (non-hydrogen) atoms. The van der Waals surface area contributed by atoms with E-state index >= 15 is 0 Å². The maximum absolute atomic E-state index is 12.6. The lowest BCUT2D eigenvalue weighted by atomic mass is 10.1. The number of carbonyl (C=O) groups is 1. The number of rotatable bonds is 5. The summed E-state index contributed by atoms with van der Waals surface area (Å²) in [6.07, 6.45) is 1.98.